The Morgan fingerprint density at radius 1 is 0.600 bits per heavy atom. The zero-order valence-corrected chi connectivity index (χ0v) is 15.0. The highest BCUT2D eigenvalue weighted by Crippen LogP contribution is 2.49. The first-order chi connectivity index (χ1) is 12.1. The lowest BCUT2D eigenvalue weighted by Crippen LogP contribution is -2.26. The summed E-state index contributed by atoms with van der Waals surface area (Å²) in [7, 11) is 0. The van der Waals surface area contributed by atoms with Crippen molar-refractivity contribution in [2.45, 2.75) is 4.08 Å². The Kier molecular flexibility index (Phi) is 3.09. The Bertz CT molecular complexity index is 1100. The molecule has 3 heteroatoms. The quantitative estimate of drug-likeness (QED) is 0.309. The largest absolute Gasteiger partial charge is 0.289 e. The van der Waals surface area contributed by atoms with Crippen LogP contribution in [0.2, 0.25) is 0 Å². The zero-order chi connectivity index (χ0) is 17.2. The van der Waals surface area contributed by atoms with Crippen molar-refractivity contribution >= 4 is 52.6 Å². The second kappa shape index (κ2) is 5.13. The molecule has 0 unspecified atom stereocenters. The SMILES string of the molecule is O=C1c2cc3ccccc3cc2C(S)(S)c2cc3ccccc3cc21. The van der Waals surface area contributed by atoms with E-state index >= 15 is 0 Å². The van der Waals surface area contributed by atoms with Gasteiger partial charge in [-0.1, -0.05) is 48.5 Å². The van der Waals surface area contributed by atoms with Gasteiger partial charge in [-0.25, -0.2) is 0 Å². The molecule has 0 atom stereocenters. The number of ketones is 1. The molecule has 0 saturated heterocycles. The number of benzene rings is 4. The van der Waals surface area contributed by atoms with Crippen LogP contribution in [0.25, 0.3) is 21.5 Å². The Balaban J connectivity index is 1.88. The highest BCUT2D eigenvalue weighted by Gasteiger charge is 2.39. The topological polar surface area (TPSA) is 17.1 Å². The predicted octanol–water partition coefficient (Wildman–Crippen LogP) is 5.60. The molecule has 0 heterocycles. The van der Waals surface area contributed by atoms with Crippen LogP contribution in [0, 0.1) is 0 Å². The number of hydrogen-bond donors (Lipinski definition) is 2. The third-order valence-electron chi connectivity index (χ3n) is 5.01. The standard InChI is InChI=1S/C22H14OS2/c23-21-17-9-13-5-1-3-7-15(13)11-19(17)22(24,25)20-12-16-8-4-2-6-14(16)10-18(20)21/h1-12,24-25H. The van der Waals surface area contributed by atoms with Gasteiger partial charge in [0, 0.05) is 11.1 Å². The van der Waals surface area contributed by atoms with Crippen LogP contribution in [-0.2, 0) is 4.08 Å². The molecule has 1 nitrogen and oxygen atoms in total. The molecule has 0 N–H and O–H groups in total. The van der Waals surface area contributed by atoms with Crippen molar-refractivity contribution in [2.75, 3.05) is 0 Å². The monoisotopic (exact) mass is 358 g/mol. The lowest BCUT2D eigenvalue weighted by molar-refractivity contribution is 0.103. The lowest BCUT2D eigenvalue weighted by Gasteiger charge is -2.33. The number of hydrogen-bond acceptors (Lipinski definition) is 3. The maximum atomic E-state index is 13.2. The van der Waals surface area contributed by atoms with Crippen molar-refractivity contribution in [3.8, 4) is 0 Å². The molecule has 4 aromatic carbocycles. The Hall–Kier alpha value is -2.23. The molecule has 120 valence electrons. The maximum Gasteiger partial charge on any atom is 0.193 e. The third-order valence-corrected chi connectivity index (χ3v) is 5.98. The summed E-state index contributed by atoms with van der Waals surface area (Å²) in [5, 5.41) is 4.28. The van der Waals surface area contributed by atoms with Crippen molar-refractivity contribution < 1.29 is 4.79 Å². The zero-order valence-electron chi connectivity index (χ0n) is 13.2. The van der Waals surface area contributed by atoms with Crippen molar-refractivity contribution in [1.82, 2.24) is 0 Å². The van der Waals surface area contributed by atoms with E-state index in [-0.39, 0.29) is 5.78 Å². The lowest BCUT2D eigenvalue weighted by atomic mass is 9.81. The van der Waals surface area contributed by atoms with Crippen LogP contribution < -0.4 is 0 Å². The Morgan fingerprint density at radius 2 is 0.960 bits per heavy atom. The maximum absolute atomic E-state index is 13.2. The summed E-state index contributed by atoms with van der Waals surface area (Å²) in [4.78, 5) is 13.2. The molecule has 0 aromatic heterocycles. The van der Waals surface area contributed by atoms with E-state index in [0.29, 0.717) is 11.1 Å². The van der Waals surface area contributed by atoms with Gasteiger partial charge >= 0.3 is 0 Å². The summed E-state index contributed by atoms with van der Waals surface area (Å²) in [6, 6.07) is 24.1. The van der Waals surface area contributed by atoms with Gasteiger partial charge < -0.3 is 0 Å². The minimum atomic E-state index is -0.813. The van der Waals surface area contributed by atoms with E-state index in [1.54, 1.807) is 0 Å². The number of carbonyl (C=O) groups is 1. The van der Waals surface area contributed by atoms with Crippen molar-refractivity contribution in [3.63, 3.8) is 0 Å². The molecule has 0 spiro atoms. The average molecular weight is 358 g/mol. The van der Waals surface area contributed by atoms with E-state index in [1.807, 2.05) is 72.8 Å². The van der Waals surface area contributed by atoms with E-state index in [0.717, 1.165) is 32.7 Å². The van der Waals surface area contributed by atoms with Crippen molar-refractivity contribution in [3.05, 3.63) is 95.1 Å². The molecule has 0 aliphatic heterocycles. The molecule has 4 aromatic rings. The Labute approximate surface area is 156 Å². The molecule has 0 saturated carbocycles. The summed E-state index contributed by atoms with van der Waals surface area (Å²) >= 11 is 9.76. The van der Waals surface area contributed by atoms with Crippen LogP contribution in [0.4, 0.5) is 0 Å². The summed E-state index contributed by atoms with van der Waals surface area (Å²) < 4.78 is -0.813. The molecular formula is C22H14OS2. The van der Waals surface area contributed by atoms with Crippen molar-refractivity contribution in [2.24, 2.45) is 0 Å². The molecule has 1 aliphatic carbocycles. The molecule has 5 rings (SSSR count). The fourth-order valence-electron chi connectivity index (χ4n) is 3.72. The van der Waals surface area contributed by atoms with E-state index in [4.69, 9.17) is 25.3 Å². The minimum Gasteiger partial charge on any atom is -0.289 e. The summed E-state index contributed by atoms with van der Waals surface area (Å²) in [5.41, 5.74) is 3.08. The fraction of sp³-hybridized carbons (Fsp3) is 0.0455. The van der Waals surface area contributed by atoms with Gasteiger partial charge in [0.2, 0.25) is 0 Å². The van der Waals surface area contributed by atoms with Gasteiger partial charge in [0.15, 0.2) is 5.78 Å². The van der Waals surface area contributed by atoms with Gasteiger partial charge in [0.1, 0.15) is 4.08 Å². The summed E-state index contributed by atoms with van der Waals surface area (Å²) in [6.45, 7) is 0. The van der Waals surface area contributed by atoms with E-state index in [1.165, 1.54) is 0 Å². The van der Waals surface area contributed by atoms with Gasteiger partial charge in [-0.3, -0.25) is 4.79 Å². The first kappa shape index (κ1) is 15.1. The van der Waals surface area contributed by atoms with Crippen molar-refractivity contribution in [1.29, 1.82) is 0 Å². The second-order valence-corrected chi connectivity index (χ2v) is 8.19. The molecule has 0 radical (unpaired) electrons. The van der Waals surface area contributed by atoms with Gasteiger partial charge in [-0.2, -0.15) is 25.3 Å². The van der Waals surface area contributed by atoms with E-state index < -0.39 is 4.08 Å². The number of thiol groups is 2. The van der Waals surface area contributed by atoms with Crippen LogP contribution in [0.3, 0.4) is 0 Å². The fourth-order valence-corrected chi connectivity index (χ4v) is 4.46. The van der Waals surface area contributed by atoms with E-state index in [2.05, 4.69) is 0 Å². The van der Waals surface area contributed by atoms with Crippen LogP contribution >= 0.6 is 25.3 Å². The first-order valence-corrected chi connectivity index (χ1v) is 9.01. The van der Waals surface area contributed by atoms with Gasteiger partial charge in [-0.05, 0) is 56.9 Å². The molecular weight excluding hydrogens is 344 g/mol. The molecule has 1 aliphatic rings. The summed E-state index contributed by atoms with van der Waals surface area (Å²) in [6.07, 6.45) is 0. The molecule has 25 heavy (non-hydrogen) atoms. The number of rotatable bonds is 0. The molecule has 0 amide bonds. The number of carbonyl (C=O) groups excluding carboxylic acids is 1. The first-order valence-electron chi connectivity index (χ1n) is 8.12. The molecule has 0 fully saturated rings. The Morgan fingerprint density at radius 3 is 1.36 bits per heavy atom. The molecule has 0 bridgehead atoms. The van der Waals surface area contributed by atoms with Crippen LogP contribution in [-0.4, -0.2) is 5.78 Å². The minimum absolute atomic E-state index is 0.0419. The van der Waals surface area contributed by atoms with Gasteiger partial charge in [0.25, 0.3) is 0 Å². The second-order valence-electron chi connectivity index (χ2n) is 6.49. The summed E-state index contributed by atoms with van der Waals surface area (Å²) in [5.74, 6) is 0.0419. The average Bonchev–Trinajstić information content (AvgIpc) is 2.64. The van der Waals surface area contributed by atoms with Crippen LogP contribution in [0.1, 0.15) is 27.0 Å². The smallest absolute Gasteiger partial charge is 0.193 e. The number of fused-ring (bicyclic) bond motifs is 4. The van der Waals surface area contributed by atoms with Gasteiger partial charge in [-0.15, -0.1) is 0 Å². The highest BCUT2D eigenvalue weighted by atomic mass is 32.2. The predicted molar refractivity (Wildman–Crippen MR) is 110 cm³/mol. The van der Waals surface area contributed by atoms with E-state index in [9.17, 15) is 4.79 Å². The van der Waals surface area contributed by atoms with Crippen LogP contribution in [0.5, 0.6) is 0 Å². The van der Waals surface area contributed by atoms with Crippen LogP contribution in [0.15, 0.2) is 72.8 Å². The van der Waals surface area contributed by atoms with Gasteiger partial charge in [0.05, 0.1) is 0 Å². The normalized spacial score (nSPS) is 15.2. The highest BCUT2D eigenvalue weighted by molar-refractivity contribution is 8.00. The third kappa shape index (κ3) is 2.09.